The molecule has 0 spiro atoms. The molecule has 0 heterocycles. The Kier molecular flexibility index (Phi) is 9.26. The Labute approximate surface area is 127 Å². The van der Waals surface area contributed by atoms with Crippen molar-refractivity contribution in [2.45, 2.75) is 91.0 Å². The molecule has 1 saturated carbocycles. The highest BCUT2D eigenvalue weighted by molar-refractivity contribution is 4.91. The van der Waals surface area contributed by atoms with E-state index in [0.717, 1.165) is 17.9 Å². The second-order valence-electron chi connectivity index (χ2n) is 6.98. The Bertz CT molecular complexity index is 250. The fraction of sp³-hybridized carbons (Fsp3) is 0.895. The Hall–Kier alpha value is -0.300. The van der Waals surface area contributed by atoms with Gasteiger partial charge >= 0.3 is 0 Å². The first-order valence-electron chi connectivity index (χ1n) is 9.05. The van der Waals surface area contributed by atoms with Crippen LogP contribution in [-0.4, -0.2) is 12.6 Å². The SMILES string of the molecule is C=C(C)CCC(NCCC)C1CCC(CCCC)CC1. The largest absolute Gasteiger partial charge is 0.314 e. The van der Waals surface area contributed by atoms with Crippen LogP contribution in [0.5, 0.6) is 0 Å². The molecule has 0 aliphatic heterocycles. The minimum absolute atomic E-state index is 0.735. The van der Waals surface area contributed by atoms with E-state index in [1.807, 2.05) is 0 Å². The van der Waals surface area contributed by atoms with Crippen LogP contribution in [0.1, 0.15) is 85.0 Å². The molecule has 0 radical (unpaired) electrons. The van der Waals surface area contributed by atoms with Gasteiger partial charge in [-0.15, -0.1) is 6.58 Å². The number of hydrogen-bond donors (Lipinski definition) is 1. The Balaban J connectivity index is 2.36. The molecule has 0 saturated heterocycles. The van der Waals surface area contributed by atoms with Gasteiger partial charge in [-0.1, -0.05) is 51.5 Å². The summed E-state index contributed by atoms with van der Waals surface area (Å²) in [6.45, 7) is 12.0. The second kappa shape index (κ2) is 10.4. The summed E-state index contributed by atoms with van der Waals surface area (Å²) >= 11 is 0. The maximum absolute atomic E-state index is 4.07. The summed E-state index contributed by atoms with van der Waals surface area (Å²) in [4.78, 5) is 0. The van der Waals surface area contributed by atoms with Crippen LogP contribution in [0, 0.1) is 11.8 Å². The molecule has 1 aliphatic rings. The number of nitrogens with one attached hydrogen (secondary N) is 1. The molecule has 1 aliphatic carbocycles. The zero-order valence-corrected chi connectivity index (χ0v) is 14.2. The van der Waals surface area contributed by atoms with Gasteiger partial charge in [0.15, 0.2) is 0 Å². The van der Waals surface area contributed by atoms with E-state index in [2.05, 4.69) is 32.7 Å². The average molecular weight is 280 g/mol. The summed E-state index contributed by atoms with van der Waals surface area (Å²) in [7, 11) is 0. The molecule has 1 unspecified atom stereocenters. The first-order chi connectivity index (χ1) is 9.67. The summed E-state index contributed by atoms with van der Waals surface area (Å²) in [6.07, 6.45) is 13.8. The predicted molar refractivity (Wildman–Crippen MR) is 91.1 cm³/mol. The summed E-state index contributed by atoms with van der Waals surface area (Å²) in [6, 6.07) is 0.735. The molecule has 1 rings (SSSR count). The Morgan fingerprint density at radius 3 is 2.40 bits per heavy atom. The first-order valence-corrected chi connectivity index (χ1v) is 9.05. The van der Waals surface area contributed by atoms with Gasteiger partial charge < -0.3 is 5.32 Å². The molecule has 1 fully saturated rings. The van der Waals surface area contributed by atoms with Gasteiger partial charge in [-0.2, -0.15) is 0 Å². The van der Waals surface area contributed by atoms with Crippen molar-refractivity contribution >= 4 is 0 Å². The van der Waals surface area contributed by atoms with Gasteiger partial charge in [0.2, 0.25) is 0 Å². The van der Waals surface area contributed by atoms with Crippen molar-refractivity contribution in [2.24, 2.45) is 11.8 Å². The number of rotatable bonds is 10. The third-order valence-corrected chi connectivity index (χ3v) is 4.97. The van der Waals surface area contributed by atoms with Gasteiger partial charge in [0.05, 0.1) is 0 Å². The van der Waals surface area contributed by atoms with Gasteiger partial charge in [0, 0.05) is 6.04 Å². The smallest absolute Gasteiger partial charge is 0.00983 e. The fourth-order valence-corrected chi connectivity index (χ4v) is 3.61. The van der Waals surface area contributed by atoms with Crippen LogP contribution in [0.2, 0.25) is 0 Å². The fourth-order valence-electron chi connectivity index (χ4n) is 3.61. The van der Waals surface area contributed by atoms with E-state index in [4.69, 9.17) is 0 Å². The van der Waals surface area contributed by atoms with E-state index in [0.29, 0.717) is 0 Å². The highest BCUT2D eigenvalue weighted by Crippen LogP contribution is 2.34. The van der Waals surface area contributed by atoms with Crippen LogP contribution < -0.4 is 5.32 Å². The molecule has 1 N–H and O–H groups in total. The van der Waals surface area contributed by atoms with E-state index in [1.165, 1.54) is 76.3 Å². The highest BCUT2D eigenvalue weighted by Gasteiger charge is 2.26. The molecule has 1 heteroatoms. The average Bonchev–Trinajstić information content (AvgIpc) is 2.46. The molecular formula is C19H37N. The predicted octanol–water partition coefficient (Wildman–Crippen LogP) is 5.71. The van der Waals surface area contributed by atoms with Crippen LogP contribution in [0.25, 0.3) is 0 Å². The minimum Gasteiger partial charge on any atom is -0.314 e. The van der Waals surface area contributed by atoms with Gasteiger partial charge in [0.1, 0.15) is 0 Å². The van der Waals surface area contributed by atoms with Crippen LogP contribution >= 0.6 is 0 Å². The summed E-state index contributed by atoms with van der Waals surface area (Å²) in [5, 5.41) is 3.81. The van der Waals surface area contributed by atoms with Crippen LogP contribution in [0.3, 0.4) is 0 Å². The van der Waals surface area contributed by atoms with Crippen LogP contribution in [0.15, 0.2) is 12.2 Å². The molecule has 0 aromatic carbocycles. The summed E-state index contributed by atoms with van der Waals surface area (Å²) in [5.74, 6) is 1.94. The molecule has 0 amide bonds. The molecule has 20 heavy (non-hydrogen) atoms. The van der Waals surface area contributed by atoms with Gasteiger partial charge in [0.25, 0.3) is 0 Å². The number of unbranched alkanes of at least 4 members (excludes halogenated alkanes) is 1. The monoisotopic (exact) mass is 279 g/mol. The lowest BCUT2D eigenvalue weighted by atomic mass is 9.75. The molecular weight excluding hydrogens is 242 g/mol. The third-order valence-electron chi connectivity index (χ3n) is 4.97. The van der Waals surface area contributed by atoms with Crippen molar-refractivity contribution < 1.29 is 0 Å². The van der Waals surface area contributed by atoms with Crippen LogP contribution in [-0.2, 0) is 0 Å². The molecule has 0 bridgehead atoms. The summed E-state index contributed by atoms with van der Waals surface area (Å²) < 4.78 is 0. The van der Waals surface area contributed by atoms with Crippen molar-refractivity contribution in [1.29, 1.82) is 0 Å². The highest BCUT2D eigenvalue weighted by atomic mass is 14.9. The standard InChI is InChI=1S/C19H37N/c1-5-7-8-17-10-12-18(13-11-17)19(20-15-6-2)14-9-16(3)4/h17-20H,3,5-15H2,1-2,4H3. The minimum atomic E-state index is 0.735. The second-order valence-corrected chi connectivity index (χ2v) is 6.98. The quantitative estimate of drug-likeness (QED) is 0.505. The lowest BCUT2D eigenvalue weighted by Crippen LogP contribution is -2.38. The van der Waals surface area contributed by atoms with Crippen LogP contribution in [0.4, 0.5) is 0 Å². The lowest BCUT2D eigenvalue weighted by molar-refractivity contribution is 0.206. The molecule has 118 valence electrons. The Morgan fingerprint density at radius 1 is 1.15 bits per heavy atom. The van der Waals surface area contributed by atoms with Gasteiger partial charge in [-0.05, 0) is 57.4 Å². The maximum atomic E-state index is 4.07. The van der Waals surface area contributed by atoms with E-state index in [-0.39, 0.29) is 0 Å². The van der Waals surface area contributed by atoms with E-state index >= 15 is 0 Å². The van der Waals surface area contributed by atoms with E-state index in [9.17, 15) is 0 Å². The van der Waals surface area contributed by atoms with Gasteiger partial charge in [-0.3, -0.25) is 0 Å². The molecule has 0 aromatic rings. The molecule has 0 aromatic heterocycles. The molecule has 1 atom stereocenters. The zero-order chi connectivity index (χ0) is 14.8. The first kappa shape index (κ1) is 17.8. The van der Waals surface area contributed by atoms with E-state index in [1.54, 1.807) is 0 Å². The molecule has 1 nitrogen and oxygen atoms in total. The van der Waals surface area contributed by atoms with Crippen molar-refractivity contribution in [2.75, 3.05) is 6.54 Å². The van der Waals surface area contributed by atoms with Crippen molar-refractivity contribution in [3.05, 3.63) is 12.2 Å². The normalized spacial score (nSPS) is 24.6. The van der Waals surface area contributed by atoms with Gasteiger partial charge in [-0.25, -0.2) is 0 Å². The summed E-state index contributed by atoms with van der Waals surface area (Å²) in [5.41, 5.74) is 1.34. The third kappa shape index (κ3) is 6.92. The maximum Gasteiger partial charge on any atom is 0.00983 e. The van der Waals surface area contributed by atoms with Crippen molar-refractivity contribution in [3.8, 4) is 0 Å². The topological polar surface area (TPSA) is 12.0 Å². The zero-order valence-electron chi connectivity index (χ0n) is 14.2. The van der Waals surface area contributed by atoms with Crippen molar-refractivity contribution in [1.82, 2.24) is 5.32 Å². The van der Waals surface area contributed by atoms with Crippen molar-refractivity contribution in [3.63, 3.8) is 0 Å². The van der Waals surface area contributed by atoms with E-state index < -0.39 is 0 Å². The lowest BCUT2D eigenvalue weighted by Gasteiger charge is -2.34. The Morgan fingerprint density at radius 2 is 1.85 bits per heavy atom. The number of allylic oxidation sites excluding steroid dienone is 1. The number of hydrogen-bond acceptors (Lipinski definition) is 1.